The predicted molar refractivity (Wildman–Crippen MR) is 129 cm³/mol. The highest BCUT2D eigenvalue weighted by molar-refractivity contribution is 6.13. The Hall–Kier alpha value is -3.72. The van der Waals surface area contributed by atoms with E-state index in [2.05, 4.69) is 24.8 Å². The third-order valence-corrected chi connectivity index (χ3v) is 6.57. The number of carbonyl (C=O) groups is 1. The first-order valence-electron chi connectivity index (χ1n) is 11.7. The van der Waals surface area contributed by atoms with E-state index in [1.165, 1.54) is 11.0 Å². The number of nitrogens with zero attached hydrogens (tertiary/aromatic N) is 5. The minimum atomic E-state index is -0.906. The summed E-state index contributed by atoms with van der Waals surface area (Å²) < 4.78 is 28.0. The zero-order chi connectivity index (χ0) is 24.4. The summed E-state index contributed by atoms with van der Waals surface area (Å²) >= 11 is 0. The summed E-state index contributed by atoms with van der Waals surface area (Å²) in [4.78, 5) is 33.9. The minimum Gasteiger partial charge on any atom is -0.345 e. The van der Waals surface area contributed by atoms with Crippen molar-refractivity contribution in [1.82, 2.24) is 24.8 Å². The number of halogens is 2. The first-order chi connectivity index (χ1) is 17.0. The number of H-pyrrole nitrogens is 1. The first kappa shape index (κ1) is 23.0. The first-order valence-corrected chi connectivity index (χ1v) is 11.7. The molecule has 0 radical (unpaired) electrons. The maximum absolute atomic E-state index is 14.3. The van der Waals surface area contributed by atoms with Crippen molar-refractivity contribution in [3.8, 4) is 0 Å². The molecule has 180 valence electrons. The van der Waals surface area contributed by atoms with Gasteiger partial charge in [0.05, 0.1) is 11.6 Å². The van der Waals surface area contributed by atoms with Gasteiger partial charge in [0.25, 0.3) is 5.91 Å². The van der Waals surface area contributed by atoms with Crippen LogP contribution in [0.3, 0.4) is 0 Å². The molecule has 0 saturated carbocycles. The van der Waals surface area contributed by atoms with Crippen LogP contribution in [0.25, 0.3) is 11.0 Å². The fourth-order valence-corrected chi connectivity index (χ4v) is 4.77. The lowest BCUT2D eigenvalue weighted by atomic mass is 10.00. The van der Waals surface area contributed by atoms with E-state index in [0.29, 0.717) is 16.8 Å². The molecule has 7 nitrogen and oxygen atoms in total. The van der Waals surface area contributed by atoms with E-state index in [1.54, 1.807) is 36.9 Å². The zero-order valence-corrected chi connectivity index (χ0v) is 19.4. The van der Waals surface area contributed by atoms with E-state index in [9.17, 15) is 13.6 Å². The van der Waals surface area contributed by atoms with Gasteiger partial charge in [-0.05, 0) is 68.2 Å². The highest BCUT2D eigenvalue weighted by Crippen LogP contribution is 2.30. The zero-order valence-electron chi connectivity index (χ0n) is 19.4. The second-order valence-corrected chi connectivity index (χ2v) is 8.80. The lowest BCUT2D eigenvalue weighted by molar-refractivity contribution is 0.0967. The number of fused-ring (bicyclic) bond motifs is 1. The van der Waals surface area contributed by atoms with Gasteiger partial charge in [0.1, 0.15) is 5.65 Å². The normalized spacial score (nSPS) is 15.3. The number of hydrogen-bond acceptors (Lipinski definition) is 5. The molecule has 1 aromatic carbocycles. The molecule has 1 aliphatic heterocycles. The average Bonchev–Trinajstić information content (AvgIpc) is 3.33. The molecular weight excluding hydrogens is 450 g/mol. The highest BCUT2D eigenvalue weighted by atomic mass is 19.2. The van der Waals surface area contributed by atoms with Gasteiger partial charge in [-0.2, -0.15) is 0 Å². The quantitative estimate of drug-likeness (QED) is 0.432. The maximum atomic E-state index is 14.3. The summed E-state index contributed by atoms with van der Waals surface area (Å²) in [6.07, 6.45) is 9.63. The van der Waals surface area contributed by atoms with Gasteiger partial charge in [-0.15, -0.1) is 0 Å². The van der Waals surface area contributed by atoms with Crippen molar-refractivity contribution >= 4 is 22.9 Å². The second kappa shape index (κ2) is 9.87. The molecule has 1 saturated heterocycles. The third-order valence-electron chi connectivity index (χ3n) is 6.57. The Morgan fingerprint density at radius 3 is 2.57 bits per heavy atom. The number of rotatable bonds is 6. The minimum absolute atomic E-state index is 0.180. The van der Waals surface area contributed by atoms with Crippen molar-refractivity contribution in [2.75, 3.05) is 24.5 Å². The molecule has 1 amide bonds. The molecule has 1 N–H and O–H groups in total. The van der Waals surface area contributed by atoms with Crippen LogP contribution in [0.4, 0.5) is 14.7 Å². The summed E-state index contributed by atoms with van der Waals surface area (Å²) in [5.74, 6) is -1.84. The number of anilines is 1. The third kappa shape index (κ3) is 4.64. The lowest BCUT2D eigenvalue weighted by Crippen LogP contribution is -2.43. The molecule has 0 bridgehead atoms. The highest BCUT2D eigenvalue weighted by Gasteiger charge is 2.31. The van der Waals surface area contributed by atoms with Crippen LogP contribution in [0.15, 0.2) is 55.1 Å². The van der Waals surface area contributed by atoms with E-state index in [-0.39, 0.29) is 24.4 Å². The molecule has 4 heterocycles. The van der Waals surface area contributed by atoms with Crippen molar-refractivity contribution < 1.29 is 13.6 Å². The van der Waals surface area contributed by atoms with Crippen LogP contribution in [0.5, 0.6) is 0 Å². The molecule has 1 unspecified atom stereocenters. The number of pyridine rings is 1. The fraction of sp³-hybridized carbons (Fsp3) is 0.308. The van der Waals surface area contributed by atoms with E-state index in [4.69, 9.17) is 0 Å². The van der Waals surface area contributed by atoms with E-state index < -0.39 is 11.6 Å². The topological polar surface area (TPSA) is 78.0 Å². The maximum Gasteiger partial charge on any atom is 0.262 e. The number of benzene rings is 1. The summed E-state index contributed by atoms with van der Waals surface area (Å²) in [6, 6.07) is 7.14. The molecule has 5 rings (SSSR count). The van der Waals surface area contributed by atoms with E-state index in [0.717, 1.165) is 49.4 Å². The number of aromatic amines is 1. The Morgan fingerprint density at radius 2 is 1.83 bits per heavy atom. The monoisotopic (exact) mass is 476 g/mol. The van der Waals surface area contributed by atoms with Gasteiger partial charge >= 0.3 is 0 Å². The van der Waals surface area contributed by atoms with Crippen LogP contribution in [0.2, 0.25) is 0 Å². The molecular formula is C26H26F2N6O. The average molecular weight is 477 g/mol. The van der Waals surface area contributed by atoms with E-state index in [1.807, 2.05) is 13.0 Å². The standard InChI is InChI=1S/C26H26F2N6O/c1-17-8-11-29-24-23(17)19(15-32-24)25(35)34(26-30-9-5-10-31-26)16-22(33-12-3-2-4-13-33)18-6-7-20(27)21(28)14-18/h5-11,14-15,22H,2-4,12-13,16H2,1H3,(H,29,32). The number of likely N-dealkylation sites (tertiary alicyclic amines) is 1. The van der Waals surface area contributed by atoms with Crippen molar-refractivity contribution in [2.45, 2.75) is 32.2 Å². The van der Waals surface area contributed by atoms with Crippen LogP contribution in [-0.4, -0.2) is 50.4 Å². The SMILES string of the molecule is Cc1ccnc2[nH]cc(C(=O)N(CC(c3ccc(F)c(F)c3)N3CCCCC3)c3ncccn3)c12. The van der Waals surface area contributed by atoms with Crippen LogP contribution < -0.4 is 4.90 Å². The molecule has 0 aliphatic carbocycles. The smallest absolute Gasteiger partial charge is 0.262 e. The summed E-state index contributed by atoms with van der Waals surface area (Å²) in [6.45, 7) is 3.71. The Balaban J connectivity index is 1.58. The number of nitrogens with one attached hydrogen (secondary N) is 1. The van der Waals surface area contributed by atoms with Crippen molar-refractivity contribution in [3.63, 3.8) is 0 Å². The Labute approximate surface area is 201 Å². The van der Waals surface area contributed by atoms with Crippen LogP contribution >= 0.6 is 0 Å². The number of hydrogen-bond donors (Lipinski definition) is 1. The Morgan fingerprint density at radius 1 is 1.06 bits per heavy atom. The fourth-order valence-electron chi connectivity index (χ4n) is 4.77. The molecule has 4 aromatic rings. The summed E-state index contributed by atoms with van der Waals surface area (Å²) in [7, 11) is 0. The molecule has 3 aromatic heterocycles. The second-order valence-electron chi connectivity index (χ2n) is 8.80. The molecule has 35 heavy (non-hydrogen) atoms. The molecule has 9 heteroatoms. The number of aryl methyl sites for hydroxylation is 1. The lowest BCUT2D eigenvalue weighted by Gasteiger charge is -2.37. The van der Waals surface area contributed by atoms with E-state index >= 15 is 0 Å². The van der Waals surface area contributed by atoms with Gasteiger partial charge in [-0.25, -0.2) is 23.7 Å². The van der Waals surface area contributed by atoms with Crippen molar-refractivity contribution in [2.24, 2.45) is 0 Å². The summed E-state index contributed by atoms with van der Waals surface area (Å²) in [5.41, 5.74) is 2.61. The van der Waals surface area contributed by atoms with Gasteiger partial charge in [0.15, 0.2) is 11.6 Å². The Bertz CT molecular complexity index is 1340. The largest absolute Gasteiger partial charge is 0.345 e. The number of aromatic nitrogens is 4. The molecule has 1 atom stereocenters. The number of piperidine rings is 1. The summed E-state index contributed by atoms with van der Waals surface area (Å²) in [5, 5.41) is 0.737. The predicted octanol–water partition coefficient (Wildman–Crippen LogP) is 4.81. The van der Waals surface area contributed by atoms with Crippen LogP contribution in [-0.2, 0) is 0 Å². The molecule has 1 fully saturated rings. The van der Waals surface area contributed by atoms with Gasteiger partial charge < -0.3 is 4.98 Å². The van der Waals surface area contributed by atoms with Gasteiger partial charge in [0.2, 0.25) is 5.95 Å². The van der Waals surface area contributed by atoms with Crippen LogP contribution in [0.1, 0.15) is 46.8 Å². The number of amides is 1. The molecule has 1 aliphatic rings. The van der Waals surface area contributed by atoms with Crippen LogP contribution in [0, 0.1) is 18.6 Å². The number of carbonyl (C=O) groups excluding carboxylic acids is 1. The molecule has 0 spiro atoms. The van der Waals surface area contributed by atoms with Crippen molar-refractivity contribution in [3.05, 3.63) is 83.4 Å². The Kier molecular flexibility index (Phi) is 6.50. The van der Waals surface area contributed by atoms with Crippen molar-refractivity contribution in [1.29, 1.82) is 0 Å². The van der Waals surface area contributed by atoms with Gasteiger partial charge in [-0.1, -0.05) is 12.5 Å². The van der Waals surface area contributed by atoms with Gasteiger partial charge in [0, 0.05) is 36.7 Å². The van der Waals surface area contributed by atoms with Gasteiger partial charge in [-0.3, -0.25) is 14.6 Å².